The predicted molar refractivity (Wildman–Crippen MR) is 104 cm³/mol. The van der Waals surface area contributed by atoms with Gasteiger partial charge >= 0.3 is 6.18 Å². The molecule has 0 amide bonds. The third kappa shape index (κ3) is 4.47. The van der Waals surface area contributed by atoms with E-state index >= 15 is 0 Å². The van der Waals surface area contributed by atoms with Gasteiger partial charge in [-0.3, -0.25) is 0 Å². The van der Waals surface area contributed by atoms with Crippen LogP contribution in [0.3, 0.4) is 0 Å². The summed E-state index contributed by atoms with van der Waals surface area (Å²) in [6.07, 6.45) is -3.09. The summed E-state index contributed by atoms with van der Waals surface area (Å²) in [6.45, 7) is 3.00. The first-order chi connectivity index (χ1) is 14.7. The van der Waals surface area contributed by atoms with E-state index in [9.17, 15) is 21.6 Å². The van der Waals surface area contributed by atoms with Gasteiger partial charge in [0, 0.05) is 49.7 Å². The molecular weight excluding hydrogens is 439 g/mol. The first kappa shape index (κ1) is 21.8. The Hall–Kier alpha value is -2.40. The lowest BCUT2D eigenvalue weighted by Gasteiger charge is -2.27. The van der Waals surface area contributed by atoms with Crippen LogP contribution >= 0.6 is 0 Å². The number of alkyl halides is 3. The third-order valence-corrected chi connectivity index (χ3v) is 5.93. The van der Waals surface area contributed by atoms with Crippen LogP contribution < -0.4 is 37.3 Å². The van der Waals surface area contributed by atoms with Crippen LogP contribution in [-0.2, 0) is 16.2 Å². The van der Waals surface area contributed by atoms with E-state index in [0.717, 1.165) is 13.1 Å². The topological polar surface area (TPSA) is 149 Å². The monoisotopic (exact) mass is 459 g/mol. The Labute approximate surface area is 175 Å². The molecule has 0 aliphatic carbocycles. The molecule has 0 unspecified atom stereocenters. The molecule has 1 aromatic carbocycles. The zero-order valence-corrected chi connectivity index (χ0v) is 16.8. The van der Waals surface area contributed by atoms with Gasteiger partial charge in [-0.05, 0) is 11.6 Å². The van der Waals surface area contributed by atoms with Crippen LogP contribution in [0.15, 0.2) is 29.4 Å². The number of rotatable bonds is 4. The van der Waals surface area contributed by atoms with Crippen molar-refractivity contribution in [1.82, 2.24) is 37.2 Å². The van der Waals surface area contributed by atoms with Crippen molar-refractivity contribution in [3.8, 4) is 11.1 Å². The van der Waals surface area contributed by atoms with Crippen molar-refractivity contribution < 1.29 is 21.6 Å². The smallest absolute Gasteiger partial charge is 0.338 e. The quantitative estimate of drug-likeness (QED) is 0.348. The molecule has 2 aromatic rings. The van der Waals surface area contributed by atoms with Crippen molar-refractivity contribution in [1.29, 1.82) is 0 Å². The summed E-state index contributed by atoms with van der Waals surface area (Å²) in [5.41, 5.74) is 9.12. The minimum atomic E-state index is -4.93. The van der Waals surface area contributed by atoms with Crippen molar-refractivity contribution in [2.45, 2.75) is 17.2 Å². The van der Waals surface area contributed by atoms with Crippen LogP contribution in [-0.4, -0.2) is 44.6 Å². The van der Waals surface area contributed by atoms with E-state index in [2.05, 4.69) is 37.2 Å². The number of sulfonamides is 1. The van der Waals surface area contributed by atoms with Crippen molar-refractivity contribution in [2.75, 3.05) is 31.1 Å². The summed E-state index contributed by atoms with van der Waals surface area (Å²) in [6, 6.07) is 1.87. The summed E-state index contributed by atoms with van der Waals surface area (Å²) in [5, 5.41) is 8.44. The zero-order chi connectivity index (χ0) is 22.2. The van der Waals surface area contributed by atoms with Gasteiger partial charge in [0.15, 0.2) is 0 Å². The molecular formula is C16H20F3N9O2S. The fraction of sp³-hybridized carbons (Fsp3) is 0.375. The second-order valence-corrected chi connectivity index (χ2v) is 8.42. The molecule has 0 bridgehead atoms. The Kier molecular flexibility index (Phi) is 5.82. The van der Waals surface area contributed by atoms with E-state index < -0.39 is 32.8 Å². The zero-order valence-electron chi connectivity index (χ0n) is 16.0. The van der Waals surface area contributed by atoms with Gasteiger partial charge in [0.2, 0.25) is 16.0 Å². The van der Waals surface area contributed by atoms with Gasteiger partial charge in [0.1, 0.15) is 11.1 Å². The van der Waals surface area contributed by atoms with Crippen LogP contribution in [0, 0.1) is 0 Å². The van der Waals surface area contributed by atoms with Crippen LogP contribution in [0.4, 0.5) is 19.1 Å². The Morgan fingerprint density at radius 3 is 2.23 bits per heavy atom. The van der Waals surface area contributed by atoms with Gasteiger partial charge in [0.25, 0.3) is 0 Å². The van der Waals surface area contributed by atoms with Gasteiger partial charge in [-0.1, -0.05) is 6.07 Å². The molecule has 2 aliphatic rings. The lowest BCUT2D eigenvalue weighted by atomic mass is 9.97. The first-order valence-electron chi connectivity index (χ1n) is 9.22. The van der Waals surface area contributed by atoms with Crippen LogP contribution in [0.2, 0.25) is 0 Å². The Bertz CT molecular complexity index is 1050. The maximum absolute atomic E-state index is 13.6. The van der Waals surface area contributed by atoms with Crippen molar-refractivity contribution >= 4 is 16.0 Å². The second-order valence-electron chi connectivity index (χ2n) is 6.93. The SMILES string of the molecule is NS(=O)(=O)c1c(C(F)(F)F)ccc(-c2cnc(N3CCNCC3)nc2)c1C1NNNN1. The predicted octanol–water partition coefficient (Wildman–Crippen LogP) is -0.665. The number of anilines is 1. The van der Waals surface area contributed by atoms with E-state index in [1.54, 1.807) is 0 Å². The molecule has 31 heavy (non-hydrogen) atoms. The number of halogens is 3. The molecule has 3 heterocycles. The first-order valence-corrected chi connectivity index (χ1v) is 10.8. The molecule has 7 N–H and O–H groups in total. The molecule has 0 radical (unpaired) electrons. The van der Waals surface area contributed by atoms with Gasteiger partial charge < -0.3 is 10.2 Å². The second kappa shape index (κ2) is 8.27. The molecule has 11 nitrogen and oxygen atoms in total. The minimum Gasteiger partial charge on any atom is -0.338 e. The Morgan fingerprint density at radius 2 is 1.68 bits per heavy atom. The lowest BCUT2D eigenvalue weighted by Crippen LogP contribution is -2.44. The van der Waals surface area contributed by atoms with Crippen molar-refractivity contribution in [3.05, 3.63) is 35.7 Å². The van der Waals surface area contributed by atoms with Crippen LogP contribution in [0.1, 0.15) is 17.3 Å². The molecule has 0 saturated carbocycles. The van der Waals surface area contributed by atoms with E-state index in [1.807, 2.05) is 4.90 Å². The molecule has 2 saturated heterocycles. The number of hydrogen-bond donors (Lipinski definition) is 6. The Morgan fingerprint density at radius 1 is 1.06 bits per heavy atom. The number of hydrogen-bond acceptors (Lipinski definition) is 10. The highest BCUT2D eigenvalue weighted by molar-refractivity contribution is 7.89. The highest BCUT2D eigenvalue weighted by Gasteiger charge is 2.40. The fourth-order valence-corrected chi connectivity index (χ4v) is 4.58. The van der Waals surface area contributed by atoms with E-state index in [4.69, 9.17) is 5.14 Å². The van der Waals surface area contributed by atoms with Crippen molar-refractivity contribution in [3.63, 3.8) is 0 Å². The number of primary sulfonamides is 1. The van der Waals surface area contributed by atoms with Gasteiger partial charge in [-0.15, -0.1) is 0 Å². The molecule has 168 valence electrons. The summed E-state index contributed by atoms with van der Waals surface area (Å²) in [5.74, 6) is 0.478. The minimum absolute atomic E-state index is 0.180. The van der Waals surface area contributed by atoms with E-state index in [0.29, 0.717) is 30.7 Å². The maximum Gasteiger partial charge on any atom is 0.417 e. The number of piperazine rings is 1. The third-order valence-electron chi connectivity index (χ3n) is 4.92. The van der Waals surface area contributed by atoms with Gasteiger partial charge in [-0.2, -0.15) is 24.2 Å². The average Bonchev–Trinajstić information content (AvgIpc) is 3.27. The van der Waals surface area contributed by atoms with Gasteiger partial charge in [0.05, 0.1) is 5.56 Å². The maximum atomic E-state index is 13.6. The lowest BCUT2D eigenvalue weighted by molar-refractivity contribution is -0.140. The van der Waals surface area contributed by atoms with Crippen LogP contribution in [0.5, 0.6) is 0 Å². The molecule has 1 aromatic heterocycles. The van der Waals surface area contributed by atoms with Crippen molar-refractivity contribution in [2.24, 2.45) is 5.14 Å². The number of nitrogens with one attached hydrogen (secondary N) is 5. The number of aromatic nitrogens is 2. The number of nitrogens with two attached hydrogens (primary N) is 1. The van der Waals surface area contributed by atoms with E-state index in [-0.39, 0.29) is 11.1 Å². The fourth-order valence-electron chi connectivity index (χ4n) is 3.55. The number of benzene rings is 1. The highest BCUT2D eigenvalue weighted by atomic mass is 32.2. The summed E-state index contributed by atoms with van der Waals surface area (Å²) in [4.78, 5) is 9.58. The molecule has 0 atom stereocenters. The molecule has 2 fully saturated rings. The largest absolute Gasteiger partial charge is 0.417 e. The number of nitrogens with zero attached hydrogens (tertiary/aromatic N) is 3. The Balaban J connectivity index is 1.86. The molecule has 0 spiro atoms. The number of hydrazine groups is 3. The standard InChI is InChI=1S/C16H20F3N9O2S/c17-16(18,19)11-2-1-10(12(13(11)31(20,29)30)14-24-26-27-25-14)9-7-22-15(23-8-9)28-5-3-21-4-6-28/h1-2,7-8,14,21,24-27H,3-6H2,(H2,20,29,30). The summed E-state index contributed by atoms with van der Waals surface area (Å²) < 4.78 is 65.4. The molecule has 15 heteroatoms. The summed E-state index contributed by atoms with van der Waals surface area (Å²) in [7, 11) is -4.75. The van der Waals surface area contributed by atoms with E-state index in [1.165, 1.54) is 18.5 Å². The van der Waals surface area contributed by atoms with Crippen LogP contribution in [0.25, 0.3) is 11.1 Å². The summed E-state index contributed by atoms with van der Waals surface area (Å²) >= 11 is 0. The van der Waals surface area contributed by atoms with Gasteiger partial charge in [-0.25, -0.2) is 34.4 Å². The average molecular weight is 459 g/mol. The highest BCUT2D eigenvalue weighted by Crippen LogP contribution is 2.41. The molecule has 4 rings (SSSR count). The molecule has 2 aliphatic heterocycles. The normalized spacial score (nSPS) is 18.5.